The number of esters is 1. The van der Waals surface area contributed by atoms with E-state index in [1.165, 1.54) is 11.8 Å². The van der Waals surface area contributed by atoms with Gasteiger partial charge >= 0.3 is 5.97 Å². The lowest BCUT2D eigenvalue weighted by Gasteiger charge is -2.11. The van der Waals surface area contributed by atoms with Crippen molar-refractivity contribution in [1.29, 1.82) is 0 Å². The summed E-state index contributed by atoms with van der Waals surface area (Å²) in [6.07, 6.45) is 0. The van der Waals surface area contributed by atoms with Gasteiger partial charge in [-0.25, -0.2) is 4.79 Å². The van der Waals surface area contributed by atoms with Gasteiger partial charge in [0.15, 0.2) is 12.4 Å². The van der Waals surface area contributed by atoms with E-state index in [0.29, 0.717) is 41.1 Å². The van der Waals surface area contributed by atoms with E-state index in [4.69, 9.17) is 14.0 Å². The minimum Gasteiger partial charge on any atom is -0.482 e. The third kappa shape index (κ3) is 6.08. The maximum absolute atomic E-state index is 12.8. The van der Waals surface area contributed by atoms with E-state index >= 15 is 0 Å². The molecular formula is C21H21N3O5S. The Balaban J connectivity index is 1.64. The molecule has 9 heteroatoms. The fourth-order valence-corrected chi connectivity index (χ4v) is 3.42. The van der Waals surface area contributed by atoms with Crippen molar-refractivity contribution in [3.05, 3.63) is 65.8 Å². The van der Waals surface area contributed by atoms with Crippen LogP contribution in [0.5, 0.6) is 5.75 Å². The van der Waals surface area contributed by atoms with Gasteiger partial charge in [0.1, 0.15) is 5.75 Å². The summed E-state index contributed by atoms with van der Waals surface area (Å²) in [4.78, 5) is 29.2. The third-order valence-electron chi connectivity index (χ3n) is 3.81. The molecule has 0 fully saturated rings. The van der Waals surface area contributed by atoms with Crippen molar-refractivity contribution >= 4 is 29.3 Å². The molecule has 0 aliphatic carbocycles. The van der Waals surface area contributed by atoms with Gasteiger partial charge in [0.05, 0.1) is 17.9 Å². The Morgan fingerprint density at radius 3 is 2.77 bits per heavy atom. The average molecular weight is 427 g/mol. The van der Waals surface area contributed by atoms with E-state index in [1.807, 2.05) is 12.1 Å². The van der Waals surface area contributed by atoms with E-state index < -0.39 is 5.97 Å². The summed E-state index contributed by atoms with van der Waals surface area (Å²) in [5.74, 6) is 1.30. The molecule has 30 heavy (non-hydrogen) atoms. The van der Waals surface area contributed by atoms with Crippen molar-refractivity contribution in [3.8, 4) is 5.75 Å². The monoisotopic (exact) mass is 427 g/mol. The predicted molar refractivity (Wildman–Crippen MR) is 112 cm³/mol. The Hall–Kier alpha value is -3.33. The molecule has 0 bridgehead atoms. The molecule has 0 spiro atoms. The molecule has 1 N–H and O–H groups in total. The number of anilines is 1. The van der Waals surface area contributed by atoms with Crippen molar-refractivity contribution in [2.75, 3.05) is 18.5 Å². The average Bonchev–Trinajstić information content (AvgIpc) is 3.16. The van der Waals surface area contributed by atoms with Crippen LogP contribution in [0.2, 0.25) is 0 Å². The van der Waals surface area contributed by atoms with Crippen LogP contribution in [0.3, 0.4) is 0 Å². The zero-order valence-corrected chi connectivity index (χ0v) is 17.4. The highest BCUT2D eigenvalue weighted by atomic mass is 32.2. The van der Waals surface area contributed by atoms with Crippen LogP contribution in [0.15, 0.2) is 57.9 Å². The standard InChI is InChI=1S/C21H21N3O5S/c1-3-27-20(25)12-28-16-8-6-7-15(11-16)23-21(26)17-9-4-5-10-18(17)30-13-19-22-14(2)29-24-19/h4-11H,3,12-13H2,1-2H3,(H,23,26). The molecular weight excluding hydrogens is 406 g/mol. The molecule has 1 heterocycles. The van der Waals surface area contributed by atoms with E-state index in [2.05, 4.69) is 15.5 Å². The van der Waals surface area contributed by atoms with E-state index in [-0.39, 0.29) is 12.5 Å². The van der Waals surface area contributed by atoms with Crippen molar-refractivity contribution in [1.82, 2.24) is 10.1 Å². The van der Waals surface area contributed by atoms with Gasteiger partial charge in [-0.1, -0.05) is 23.4 Å². The van der Waals surface area contributed by atoms with Crippen LogP contribution in [-0.4, -0.2) is 35.2 Å². The maximum Gasteiger partial charge on any atom is 0.344 e. The van der Waals surface area contributed by atoms with Crippen molar-refractivity contribution in [3.63, 3.8) is 0 Å². The molecule has 0 atom stereocenters. The highest BCUT2D eigenvalue weighted by molar-refractivity contribution is 7.98. The molecule has 0 aliphatic rings. The lowest BCUT2D eigenvalue weighted by Crippen LogP contribution is -2.15. The first kappa shape index (κ1) is 21.4. The summed E-state index contributed by atoms with van der Waals surface area (Å²) in [6, 6.07) is 14.1. The highest BCUT2D eigenvalue weighted by Gasteiger charge is 2.13. The number of ether oxygens (including phenoxy) is 2. The summed E-state index contributed by atoms with van der Waals surface area (Å²) in [5, 5.41) is 6.73. The van der Waals surface area contributed by atoms with Crippen LogP contribution < -0.4 is 10.1 Å². The van der Waals surface area contributed by atoms with Gasteiger partial charge in [-0.15, -0.1) is 11.8 Å². The maximum atomic E-state index is 12.8. The molecule has 156 valence electrons. The Kier molecular flexibility index (Phi) is 7.45. The Labute approximate surface area is 178 Å². The Morgan fingerprint density at radius 1 is 1.17 bits per heavy atom. The Bertz CT molecular complexity index is 1020. The second-order valence-electron chi connectivity index (χ2n) is 6.09. The summed E-state index contributed by atoms with van der Waals surface area (Å²) in [6.45, 7) is 3.56. The largest absolute Gasteiger partial charge is 0.482 e. The molecule has 0 unspecified atom stereocenters. The number of nitrogens with zero attached hydrogens (tertiary/aromatic N) is 2. The molecule has 3 aromatic rings. The number of carbonyl (C=O) groups excluding carboxylic acids is 2. The normalized spacial score (nSPS) is 10.5. The lowest BCUT2D eigenvalue weighted by molar-refractivity contribution is -0.145. The summed E-state index contributed by atoms with van der Waals surface area (Å²) >= 11 is 1.45. The number of amides is 1. The smallest absolute Gasteiger partial charge is 0.344 e. The molecule has 0 aliphatic heterocycles. The number of hydrogen-bond acceptors (Lipinski definition) is 8. The number of carbonyl (C=O) groups is 2. The van der Waals surface area contributed by atoms with Crippen molar-refractivity contribution in [2.45, 2.75) is 24.5 Å². The van der Waals surface area contributed by atoms with E-state index in [9.17, 15) is 9.59 Å². The quantitative estimate of drug-likeness (QED) is 0.405. The molecule has 1 aromatic heterocycles. The number of nitrogens with one attached hydrogen (secondary N) is 1. The fourth-order valence-electron chi connectivity index (χ4n) is 2.53. The molecule has 0 radical (unpaired) electrons. The first-order valence-electron chi connectivity index (χ1n) is 9.26. The minimum atomic E-state index is -0.449. The third-order valence-corrected chi connectivity index (χ3v) is 4.88. The number of thioether (sulfide) groups is 1. The number of rotatable bonds is 9. The SMILES string of the molecule is CCOC(=O)COc1cccc(NC(=O)c2ccccc2SCc2noc(C)n2)c1. The van der Waals surface area contributed by atoms with Crippen LogP contribution in [0.4, 0.5) is 5.69 Å². The number of benzene rings is 2. The highest BCUT2D eigenvalue weighted by Crippen LogP contribution is 2.27. The summed E-state index contributed by atoms with van der Waals surface area (Å²) in [5.41, 5.74) is 1.08. The number of aryl methyl sites for hydroxylation is 1. The van der Waals surface area contributed by atoms with E-state index in [0.717, 1.165) is 4.90 Å². The van der Waals surface area contributed by atoms with Crippen LogP contribution in [0.1, 0.15) is 29.0 Å². The topological polar surface area (TPSA) is 104 Å². The van der Waals surface area contributed by atoms with Crippen LogP contribution in [0, 0.1) is 6.92 Å². The minimum absolute atomic E-state index is 0.194. The molecule has 0 saturated heterocycles. The van der Waals surface area contributed by atoms with Gasteiger partial charge in [0.25, 0.3) is 5.91 Å². The second-order valence-corrected chi connectivity index (χ2v) is 7.11. The number of hydrogen-bond donors (Lipinski definition) is 1. The van der Waals surface area contributed by atoms with Gasteiger partial charge in [-0.2, -0.15) is 4.98 Å². The van der Waals surface area contributed by atoms with Crippen LogP contribution >= 0.6 is 11.8 Å². The van der Waals surface area contributed by atoms with Gasteiger partial charge < -0.3 is 19.3 Å². The summed E-state index contributed by atoms with van der Waals surface area (Å²) in [7, 11) is 0. The zero-order chi connectivity index (χ0) is 21.3. The van der Waals surface area contributed by atoms with Crippen molar-refractivity contribution < 1.29 is 23.6 Å². The molecule has 2 aromatic carbocycles. The van der Waals surface area contributed by atoms with Gasteiger partial charge in [-0.3, -0.25) is 4.79 Å². The van der Waals surface area contributed by atoms with Crippen molar-refractivity contribution in [2.24, 2.45) is 0 Å². The van der Waals surface area contributed by atoms with E-state index in [1.54, 1.807) is 50.2 Å². The molecule has 0 saturated carbocycles. The van der Waals surface area contributed by atoms with Gasteiger partial charge in [0.2, 0.25) is 5.89 Å². The van der Waals surface area contributed by atoms with Crippen LogP contribution in [0.25, 0.3) is 0 Å². The lowest BCUT2D eigenvalue weighted by atomic mass is 10.2. The fraction of sp³-hybridized carbons (Fsp3) is 0.238. The predicted octanol–water partition coefficient (Wildman–Crippen LogP) is 3.86. The second kappa shape index (κ2) is 10.4. The number of aromatic nitrogens is 2. The Morgan fingerprint density at radius 2 is 2.00 bits per heavy atom. The first-order valence-corrected chi connectivity index (χ1v) is 10.2. The van der Waals surface area contributed by atoms with Crippen LogP contribution in [-0.2, 0) is 15.3 Å². The molecule has 1 amide bonds. The van der Waals surface area contributed by atoms with Gasteiger partial charge in [0, 0.05) is 23.6 Å². The molecule has 3 rings (SSSR count). The zero-order valence-electron chi connectivity index (χ0n) is 16.6. The molecule has 8 nitrogen and oxygen atoms in total. The summed E-state index contributed by atoms with van der Waals surface area (Å²) < 4.78 is 15.2. The first-order chi connectivity index (χ1) is 14.5. The van der Waals surface area contributed by atoms with Gasteiger partial charge in [-0.05, 0) is 31.2 Å².